The van der Waals surface area contributed by atoms with Crippen LogP contribution in [0.1, 0.15) is 18.4 Å². The minimum absolute atomic E-state index is 0.579. The van der Waals surface area contributed by atoms with E-state index in [0.29, 0.717) is 37.6 Å². The number of hydrogen-bond donors (Lipinski definition) is 1. The number of ether oxygens (including phenoxy) is 3. The van der Waals surface area contributed by atoms with E-state index in [9.17, 15) is 5.11 Å². The van der Waals surface area contributed by atoms with Gasteiger partial charge in [0, 0.05) is 32.1 Å². The first-order valence-corrected chi connectivity index (χ1v) is 5.71. The molecular weight excluding hydrogens is 220 g/mol. The fraction of sp³-hybridized carbons (Fsp3) is 0.538. The molecule has 1 aromatic carbocycles. The third kappa shape index (κ3) is 2.53. The van der Waals surface area contributed by atoms with E-state index in [1.807, 2.05) is 12.1 Å². The zero-order valence-corrected chi connectivity index (χ0v) is 10.2. The number of rotatable bonds is 3. The van der Waals surface area contributed by atoms with Gasteiger partial charge in [-0.15, -0.1) is 0 Å². The first-order valence-electron chi connectivity index (χ1n) is 5.71. The van der Waals surface area contributed by atoms with Crippen LogP contribution in [0.25, 0.3) is 0 Å². The van der Waals surface area contributed by atoms with Crippen molar-refractivity contribution >= 4 is 0 Å². The van der Waals surface area contributed by atoms with Crippen molar-refractivity contribution < 1.29 is 19.3 Å². The highest BCUT2D eigenvalue weighted by Crippen LogP contribution is 2.36. The Morgan fingerprint density at radius 3 is 2.06 bits per heavy atom. The fourth-order valence-corrected chi connectivity index (χ4v) is 2.07. The van der Waals surface area contributed by atoms with Gasteiger partial charge in [-0.25, -0.2) is 0 Å². The van der Waals surface area contributed by atoms with Crippen LogP contribution in [0, 0.1) is 0 Å². The zero-order chi connectivity index (χ0) is 12.3. The monoisotopic (exact) mass is 238 g/mol. The number of methoxy groups -OCH3 is 2. The maximum atomic E-state index is 10.6. The second-order valence-electron chi connectivity index (χ2n) is 4.25. The van der Waals surface area contributed by atoms with Gasteiger partial charge in [0.25, 0.3) is 0 Å². The molecule has 4 heteroatoms. The van der Waals surface area contributed by atoms with Crippen LogP contribution in [0.15, 0.2) is 18.2 Å². The molecule has 0 amide bonds. The minimum atomic E-state index is -0.833. The van der Waals surface area contributed by atoms with Gasteiger partial charge in [0.2, 0.25) is 0 Å². The predicted octanol–water partition coefficient (Wildman–Crippen LogP) is 1.70. The second-order valence-corrected chi connectivity index (χ2v) is 4.25. The van der Waals surface area contributed by atoms with Crippen LogP contribution in [-0.4, -0.2) is 32.5 Å². The average molecular weight is 238 g/mol. The van der Waals surface area contributed by atoms with Crippen molar-refractivity contribution in [1.29, 1.82) is 0 Å². The highest BCUT2D eigenvalue weighted by molar-refractivity contribution is 5.41. The van der Waals surface area contributed by atoms with E-state index in [1.165, 1.54) is 0 Å². The van der Waals surface area contributed by atoms with Gasteiger partial charge in [-0.2, -0.15) is 0 Å². The average Bonchev–Trinajstić information content (AvgIpc) is 2.39. The van der Waals surface area contributed by atoms with Crippen molar-refractivity contribution in [2.45, 2.75) is 18.4 Å². The summed E-state index contributed by atoms with van der Waals surface area (Å²) in [5.74, 6) is 1.39. The molecule has 0 bridgehead atoms. The zero-order valence-electron chi connectivity index (χ0n) is 10.2. The molecule has 17 heavy (non-hydrogen) atoms. The summed E-state index contributed by atoms with van der Waals surface area (Å²) in [5, 5.41) is 10.6. The van der Waals surface area contributed by atoms with Crippen LogP contribution in [-0.2, 0) is 10.3 Å². The van der Waals surface area contributed by atoms with Gasteiger partial charge in [-0.1, -0.05) is 0 Å². The third-order valence-electron chi connectivity index (χ3n) is 3.21. The highest BCUT2D eigenvalue weighted by Gasteiger charge is 2.32. The molecule has 0 atom stereocenters. The molecule has 1 aromatic rings. The third-order valence-corrected chi connectivity index (χ3v) is 3.21. The molecule has 1 aliphatic heterocycles. The molecule has 1 N–H and O–H groups in total. The Morgan fingerprint density at radius 1 is 1.06 bits per heavy atom. The summed E-state index contributed by atoms with van der Waals surface area (Å²) in [4.78, 5) is 0. The van der Waals surface area contributed by atoms with Crippen LogP contribution < -0.4 is 9.47 Å². The number of benzene rings is 1. The van der Waals surface area contributed by atoms with Crippen molar-refractivity contribution in [2.75, 3.05) is 27.4 Å². The van der Waals surface area contributed by atoms with Crippen LogP contribution in [0.4, 0.5) is 0 Å². The number of hydrogen-bond acceptors (Lipinski definition) is 4. The van der Waals surface area contributed by atoms with Gasteiger partial charge >= 0.3 is 0 Å². The maximum absolute atomic E-state index is 10.6. The van der Waals surface area contributed by atoms with Crippen LogP contribution in [0.5, 0.6) is 11.5 Å². The predicted molar refractivity (Wildman–Crippen MR) is 63.5 cm³/mol. The van der Waals surface area contributed by atoms with Gasteiger partial charge in [0.05, 0.1) is 19.8 Å². The molecule has 0 spiro atoms. The smallest absolute Gasteiger partial charge is 0.122 e. The van der Waals surface area contributed by atoms with E-state index in [0.717, 1.165) is 5.56 Å². The highest BCUT2D eigenvalue weighted by atomic mass is 16.5. The van der Waals surface area contributed by atoms with Gasteiger partial charge in [-0.3, -0.25) is 0 Å². The topological polar surface area (TPSA) is 47.9 Å². The molecule has 1 saturated heterocycles. The SMILES string of the molecule is COc1cc(OC)cc(C2(O)CCOCC2)c1. The Kier molecular flexibility index (Phi) is 3.54. The Morgan fingerprint density at radius 2 is 1.59 bits per heavy atom. The summed E-state index contributed by atoms with van der Waals surface area (Å²) >= 11 is 0. The summed E-state index contributed by atoms with van der Waals surface area (Å²) in [7, 11) is 3.21. The lowest BCUT2D eigenvalue weighted by Crippen LogP contribution is -2.33. The Bertz CT molecular complexity index is 361. The molecule has 1 fully saturated rings. The molecule has 1 heterocycles. The van der Waals surface area contributed by atoms with E-state index < -0.39 is 5.60 Å². The second kappa shape index (κ2) is 4.94. The molecule has 0 aliphatic carbocycles. The van der Waals surface area contributed by atoms with E-state index >= 15 is 0 Å². The van der Waals surface area contributed by atoms with E-state index in [2.05, 4.69) is 0 Å². The Balaban J connectivity index is 2.35. The molecule has 94 valence electrons. The maximum Gasteiger partial charge on any atom is 0.122 e. The molecule has 4 nitrogen and oxygen atoms in total. The molecule has 0 aromatic heterocycles. The lowest BCUT2D eigenvalue weighted by Gasteiger charge is -2.32. The summed E-state index contributed by atoms with van der Waals surface area (Å²) in [5.41, 5.74) is -0.00271. The molecule has 2 rings (SSSR count). The quantitative estimate of drug-likeness (QED) is 0.870. The first kappa shape index (κ1) is 12.2. The van der Waals surface area contributed by atoms with Crippen molar-refractivity contribution in [3.8, 4) is 11.5 Å². The Hall–Kier alpha value is -1.26. The van der Waals surface area contributed by atoms with Gasteiger partial charge in [-0.05, 0) is 17.7 Å². The van der Waals surface area contributed by atoms with E-state index in [-0.39, 0.29) is 0 Å². The standard InChI is InChI=1S/C13H18O4/c1-15-11-7-10(8-12(9-11)16-2)13(14)3-5-17-6-4-13/h7-9,14H,3-6H2,1-2H3. The van der Waals surface area contributed by atoms with E-state index in [1.54, 1.807) is 20.3 Å². The minimum Gasteiger partial charge on any atom is -0.497 e. The van der Waals surface area contributed by atoms with Gasteiger partial charge < -0.3 is 19.3 Å². The summed E-state index contributed by atoms with van der Waals surface area (Å²) in [6.07, 6.45) is 1.20. The van der Waals surface area contributed by atoms with E-state index in [4.69, 9.17) is 14.2 Å². The first-order chi connectivity index (χ1) is 8.18. The van der Waals surface area contributed by atoms with Crippen LogP contribution in [0.2, 0.25) is 0 Å². The molecule has 1 aliphatic rings. The van der Waals surface area contributed by atoms with Crippen molar-refractivity contribution in [2.24, 2.45) is 0 Å². The largest absolute Gasteiger partial charge is 0.497 e. The van der Waals surface area contributed by atoms with Crippen LogP contribution in [0.3, 0.4) is 0 Å². The number of aliphatic hydroxyl groups is 1. The molecule has 0 saturated carbocycles. The molecule has 0 unspecified atom stereocenters. The van der Waals surface area contributed by atoms with Crippen molar-refractivity contribution in [3.63, 3.8) is 0 Å². The lowest BCUT2D eigenvalue weighted by atomic mass is 9.86. The van der Waals surface area contributed by atoms with Crippen LogP contribution >= 0.6 is 0 Å². The van der Waals surface area contributed by atoms with Crippen molar-refractivity contribution in [3.05, 3.63) is 23.8 Å². The van der Waals surface area contributed by atoms with Crippen molar-refractivity contribution in [1.82, 2.24) is 0 Å². The normalized spacial score (nSPS) is 18.8. The summed E-state index contributed by atoms with van der Waals surface area (Å²) in [6.45, 7) is 1.16. The van der Waals surface area contributed by atoms with Gasteiger partial charge in [0.15, 0.2) is 0 Å². The lowest BCUT2D eigenvalue weighted by molar-refractivity contribution is -0.0680. The van der Waals surface area contributed by atoms with Gasteiger partial charge in [0.1, 0.15) is 11.5 Å². The summed E-state index contributed by atoms with van der Waals surface area (Å²) in [6, 6.07) is 5.51. The molecule has 0 radical (unpaired) electrons. The Labute approximate surface area is 101 Å². The fourth-order valence-electron chi connectivity index (χ4n) is 2.07. The summed E-state index contributed by atoms with van der Waals surface area (Å²) < 4.78 is 15.7. The molecular formula is C13H18O4.